The first kappa shape index (κ1) is 34.3. The molecule has 1 aliphatic carbocycles. The van der Waals surface area contributed by atoms with Gasteiger partial charge in [-0.1, -0.05) is 19.1 Å². The Balaban J connectivity index is 1.54. The molecule has 3 aromatic rings. The Labute approximate surface area is 270 Å². The van der Waals surface area contributed by atoms with Crippen LogP contribution in [0.25, 0.3) is 10.4 Å². The van der Waals surface area contributed by atoms with Gasteiger partial charge >= 0.3 is 12.1 Å². The molecule has 1 fully saturated rings. The maximum atomic E-state index is 13.7. The Morgan fingerprint density at radius 3 is 2.47 bits per heavy atom. The number of amides is 3. The number of alkyl carbamates (subject to hydrolysis) is 1. The molecule has 4 rings (SSSR count). The van der Waals surface area contributed by atoms with E-state index in [0.717, 1.165) is 24.3 Å². The van der Waals surface area contributed by atoms with E-state index < -0.39 is 27.7 Å². The molecular weight excluding hydrogens is 613 g/mol. The van der Waals surface area contributed by atoms with Crippen LogP contribution in [0, 0.1) is 5.92 Å². The van der Waals surface area contributed by atoms with Gasteiger partial charge in [-0.2, -0.15) is 0 Å². The highest BCUT2D eigenvalue weighted by molar-refractivity contribution is 7.89. The number of hydrogen-bond donors (Lipinski definition) is 4. The Kier molecular flexibility index (Phi) is 10.9. The molecule has 2 heterocycles. The lowest BCUT2D eigenvalue weighted by Gasteiger charge is -2.33. The smallest absolute Gasteiger partial charge is 0.407 e. The van der Waals surface area contributed by atoms with E-state index in [1.807, 2.05) is 32.9 Å². The molecule has 3 amide bonds. The predicted octanol–water partition coefficient (Wildman–Crippen LogP) is 6.57. The average molecular weight is 657 g/mol. The number of thiazole rings is 1. The minimum atomic E-state index is -3.98. The van der Waals surface area contributed by atoms with E-state index in [2.05, 4.69) is 32.6 Å². The third-order valence-electron chi connectivity index (χ3n) is 7.40. The van der Waals surface area contributed by atoms with Crippen LogP contribution in [0.1, 0.15) is 90.4 Å². The zero-order valence-corrected chi connectivity index (χ0v) is 28.5. The summed E-state index contributed by atoms with van der Waals surface area (Å²) >= 11 is 1.47. The number of nitrogens with one attached hydrogen (secondary N) is 4. The number of ether oxygens (including phenoxy) is 1. The van der Waals surface area contributed by atoms with Crippen LogP contribution in [0.15, 0.2) is 53.7 Å². The van der Waals surface area contributed by atoms with Crippen LogP contribution in [0.2, 0.25) is 0 Å². The summed E-state index contributed by atoms with van der Waals surface area (Å²) in [6.07, 6.45) is 5.28. The zero-order valence-electron chi connectivity index (χ0n) is 26.9. The Hall–Kier alpha value is -3.55. The minimum Gasteiger partial charge on any atom is -0.447 e. The third kappa shape index (κ3) is 9.47. The number of sulfonamides is 1. The van der Waals surface area contributed by atoms with Crippen molar-refractivity contribution in [3.05, 3.63) is 59.5 Å². The second kappa shape index (κ2) is 14.3. The summed E-state index contributed by atoms with van der Waals surface area (Å²) in [7, 11) is -3.98. The molecule has 0 aliphatic heterocycles. The van der Waals surface area contributed by atoms with E-state index in [1.165, 1.54) is 17.4 Å². The van der Waals surface area contributed by atoms with Gasteiger partial charge in [-0.05, 0) is 91.0 Å². The van der Waals surface area contributed by atoms with Crippen molar-refractivity contribution in [1.82, 2.24) is 25.3 Å². The van der Waals surface area contributed by atoms with Crippen molar-refractivity contribution in [2.45, 2.75) is 102 Å². The van der Waals surface area contributed by atoms with Crippen molar-refractivity contribution in [3.8, 4) is 10.4 Å². The zero-order chi connectivity index (χ0) is 32.9. The molecule has 1 aromatic carbocycles. The molecule has 4 N–H and O–H groups in total. The lowest BCUT2D eigenvalue weighted by molar-refractivity contribution is 0.105. The standard InChI is InChI=1S/C32H44N6O5S2/c1-19(2)43-31(40)37-25-14-11-22(16-20(25)3)29-34-18-27(44-29)24-13-12-23(17-28(24)45(41,42)38-32(5,6)7)36-30(39)35-21(4)26-10-8-9-15-33-26/h8-10,12-13,15,17-22,25,38H,11,14,16H2,1-7H3,(H,37,40)(H2,35,36,39)/t20?,21-,22+,25+/m1/s1. The van der Waals surface area contributed by atoms with E-state index in [9.17, 15) is 18.0 Å². The summed E-state index contributed by atoms with van der Waals surface area (Å²) in [6, 6.07) is 9.52. The van der Waals surface area contributed by atoms with Crippen molar-refractivity contribution in [2.24, 2.45) is 5.92 Å². The number of carbonyl (C=O) groups excluding carboxylic acids is 2. The number of anilines is 1. The fourth-order valence-corrected chi connectivity index (χ4v) is 8.22. The van der Waals surface area contributed by atoms with Gasteiger partial charge < -0.3 is 20.7 Å². The van der Waals surface area contributed by atoms with E-state index in [1.54, 1.807) is 51.4 Å². The first-order chi connectivity index (χ1) is 21.1. The summed E-state index contributed by atoms with van der Waals surface area (Å²) in [4.78, 5) is 34.7. The molecule has 1 aliphatic rings. The van der Waals surface area contributed by atoms with Gasteiger partial charge in [0.1, 0.15) is 0 Å². The molecule has 2 aromatic heterocycles. The van der Waals surface area contributed by atoms with Crippen LogP contribution in [-0.4, -0.2) is 48.2 Å². The molecule has 244 valence electrons. The monoisotopic (exact) mass is 656 g/mol. The number of hydrogen-bond acceptors (Lipinski definition) is 8. The topological polar surface area (TPSA) is 151 Å². The van der Waals surface area contributed by atoms with Crippen LogP contribution in [0.4, 0.5) is 15.3 Å². The largest absolute Gasteiger partial charge is 0.447 e. The number of benzene rings is 1. The fourth-order valence-electron chi connectivity index (χ4n) is 5.39. The highest BCUT2D eigenvalue weighted by Crippen LogP contribution is 2.41. The number of nitrogens with zero attached hydrogens (tertiary/aromatic N) is 2. The lowest BCUT2D eigenvalue weighted by atomic mass is 9.79. The second-order valence-electron chi connectivity index (χ2n) is 12.9. The van der Waals surface area contributed by atoms with E-state index in [-0.39, 0.29) is 34.9 Å². The molecular formula is C32H44N6O5S2. The van der Waals surface area contributed by atoms with Crippen LogP contribution in [0.3, 0.4) is 0 Å². The molecule has 45 heavy (non-hydrogen) atoms. The van der Waals surface area contributed by atoms with Crippen LogP contribution >= 0.6 is 11.3 Å². The molecule has 1 unspecified atom stereocenters. The first-order valence-electron chi connectivity index (χ1n) is 15.2. The highest BCUT2D eigenvalue weighted by Gasteiger charge is 2.32. The molecule has 0 bridgehead atoms. The van der Waals surface area contributed by atoms with E-state index in [4.69, 9.17) is 9.72 Å². The van der Waals surface area contributed by atoms with Gasteiger partial charge in [-0.3, -0.25) is 4.98 Å². The van der Waals surface area contributed by atoms with Gasteiger partial charge in [0.05, 0.1) is 32.6 Å². The van der Waals surface area contributed by atoms with Crippen molar-refractivity contribution >= 4 is 39.2 Å². The number of rotatable bonds is 9. The molecule has 0 saturated heterocycles. The van der Waals surface area contributed by atoms with Gasteiger partial charge in [0, 0.05) is 41.1 Å². The Morgan fingerprint density at radius 2 is 1.82 bits per heavy atom. The number of aromatic nitrogens is 2. The summed E-state index contributed by atoms with van der Waals surface area (Å²) in [6.45, 7) is 12.9. The first-order valence-corrected chi connectivity index (χ1v) is 17.5. The molecule has 4 atom stereocenters. The maximum absolute atomic E-state index is 13.7. The van der Waals surface area contributed by atoms with Crippen molar-refractivity contribution in [1.29, 1.82) is 0 Å². The van der Waals surface area contributed by atoms with Crippen molar-refractivity contribution in [3.63, 3.8) is 0 Å². The van der Waals surface area contributed by atoms with Crippen molar-refractivity contribution < 1.29 is 22.7 Å². The van der Waals surface area contributed by atoms with Gasteiger partial charge in [0.2, 0.25) is 10.0 Å². The number of urea groups is 1. The van der Waals surface area contributed by atoms with Gasteiger partial charge in [-0.15, -0.1) is 11.3 Å². The normalized spacial score (nSPS) is 19.5. The van der Waals surface area contributed by atoms with Crippen molar-refractivity contribution in [2.75, 3.05) is 5.32 Å². The number of pyridine rings is 1. The van der Waals surface area contributed by atoms with Crippen LogP contribution in [-0.2, 0) is 14.8 Å². The summed E-state index contributed by atoms with van der Waals surface area (Å²) in [5.74, 6) is 0.413. The van der Waals surface area contributed by atoms with Gasteiger partial charge in [-0.25, -0.2) is 27.7 Å². The quantitative estimate of drug-likeness (QED) is 0.203. The second-order valence-corrected chi connectivity index (χ2v) is 15.6. The highest BCUT2D eigenvalue weighted by atomic mass is 32.2. The summed E-state index contributed by atoms with van der Waals surface area (Å²) in [5, 5.41) is 9.52. The molecule has 11 nitrogen and oxygen atoms in total. The van der Waals surface area contributed by atoms with Crippen LogP contribution < -0.4 is 20.7 Å². The van der Waals surface area contributed by atoms with E-state index >= 15 is 0 Å². The average Bonchev–Trinajstić information content (AvgIpc) is 3.43. The Morgan fingerprint density at radius 1 is 1.07 bits per heavy atom. The molecule has 0 spiro atoms. The molecule has 1 saturated carbocycles. The number of carbonyl (C=O) groups is 2. The third-order valence-corrected chi connectivity index (χ3v) is 10.4. The van der Waals surface area contributed by atoms with Gasteiger partial charge in [0.25, 0.3) is 0 Å². The minimum absolute atomic E-state index is 0.0244. The maximum Gasteiger partial charge on any atom is 0.407 e. The molecule has 0 radical (unpaired) electrons. The predicted molar refractivity (Wildman–Crippen MR) is 177 cm³/mol. The lowest BCUT2D eigenvalue weighted by Crippen LogP contribution is -2.43. The van der Waals surface area contributed by atoms with Crippen LogP contribution in [0.5, 0.6) is 0 Å². The Bertz CT molecular complexity index is 1590. The SMILES string of the molecule is CC(C)OC(=O)N[C@H]1CC[C@H](c2ncc(-c3ccc(NC(=O)N[C@H](C)c4ccccn4)cc3S(=O)(=O)NC(C)(C)C)s2)CC1C. The molecule has 13 heteroatoms. The van der Waals surface area contributed by atoms with Gasteiger partial charge in [0.15, 0.2) is 0 Å². The van der Waals surface area contributed by atoms with E-state index in [0.29, 0.717) is 21.8 Å². The summed E-state index contributed by atoms with van der Waals surface area (Å²) in [5.41, 5.74) is 0.815. The summed E-state index contributed by atoms with van der Waals surface area (Å²) < 4.78 is 35.3. The fraction of sp³-hybridized carbons (Fsp3) is 0.500.